The summed E-state index contributed by atoms with van der Waals surface area (Å²) in [6, 6.07) is 4.82. The van der Waals surface area contributed by atoms with Gasteiger partial charge in [0.1, 0.15) is 6.29 Å². The number of ether oxygens (including phenoxy) is 3. The van der Waals surface area contributed by atoms with Gasteiger partial charge in [-0.05, 0) is 32.0 Å². The van der Waals surface area contributed by atoms with Crippen LogP contribution in [0.3, 0.4) is 0 Å². The van der Waals surface area contributed by atoms with Crippen LogP contribution in [-0.4, -0.2) is 56.1 Å². The van der Waals surface area contributed by atoms with E-state index in [4.69, 9.17) is 14.2 Å². The highest BCUT2D eigenvalue weighted by atomic mass is 16.5. The van der Waals surface area contributed by atoms with Gasteiger partial charge in [-0.2, -0.15) is 0 Å². The zero-order valence-corrected chi connectivity index (χ0v) is 13.1. The van der Waals surface area contributed by atoms with Gasteiger partial charge in [0.15, 0.2) is 18.1 Å². The third-order valence-electron chi connectivity index (χ3n) is 3.45. The summed E-state index contributed by atoms with van der Waals surface area (Å²) in [7, 11) is 1.49. The third-order valence-corrected chi connectivity index (χ3v) is 3.45. The highest BCUT2D eigenvalue weighted by molar-refractivity contribution is 5.78. The standard InChI is InChI=1S/C16H21NO5/c1-11-7-17(8-12(2)22-11)16(19)10-21-14-5-4-13(9-18)6-15(14)20-3/h4-6,9,11-12H,7-8,10H2,1-3H3/t11-,12-/m1/s1. The molecule has 1 fully saturated rings. The van der Waals surface area contributed by atoms with Crippen molar-refractivity contribution in [1.29, 1.82) is 0 Å². The molecule has 1 aromatic carbocycles. The molecule has 1 amide bonds. The Hall–Kier alpha value is -2.08. The number of nitrogens with zero attached hydrogens (tertiary/aromatic N) is 1. The van der Waals surface area contributed by atoms with E-state index in [0.29, 0.717) is 30.2 Å². The molecule has 1 heterocycles. The first-order chi connectivity index (χ1) is 10.5. The van der Waals surface area contributed by atoms with Gasteiger partial charge in [-0.1, -0.05) is 0 Å². The number of methoxy groups -OCH3 is 1. The van der Waals surface area contributed by atoms with Gasteiger partial charge in [0.2, 0.25) is 0 Å². The average molecular weight is 307 g/mol. The summed E-state index contributed by atoms with van der Waals surface area (Å²) in [6.07, 6.45) is 0.775. The summed E-state index contributed by atoms with van der Waals surface area (Å²) in [5, 5.41) is 0. The maximum Gasteiger partial charge on any atom is 0.260 e. The van der Waals surface area contributed by atoms with Gasteiger partial charge in [0, 0.05) is 18.7 Å². The second kappa shape index (κ2) is 7.26. The molecule has 1 aliphatic rings. The lowest BCUT2D eigenvalue weighted by atomic mass is 10.2. The van der Waals surface area contributed by atoms with Gasteiger partial charge >= 0.3 is 0 Å². The molecule has 0 N–H and O–H groups in total. The first kappa shape index (κ1) is 16.3. The molecule has 0 aromatic heterocycles. The summed E-state index contributed by atoms with van der Waals surface area (Å²) in [4.78, 5) is 24.7. The van der Waals surface area contributed by atoms with Crippen LogP contribution >= 0.6 is 0 Å². The Labute approximate surface area is 129 Å². The minimum Gasteiger partial charge on any atom is -0.493 e. The smallest absolute Gasteiger partial charge is 0.260 e. The van der Waals surface area contributed by atoms with Crippen LogP contribution in [-0.2, 0) is 9.53 Å². The van der Waals surface area contributed by atoms with Crippen LogP contribution in [0.2, 0.25) is 0 Å². The molecule has 6 nitrogen and oxygen atoms in total. The Morgan fingerprint density at radius 1 is 1.32 bits per heavy atom. The maximum absolute atomic E-state index is 12.2. The van der Waals surface area contributed by atoms with Crippen molar-refractivity contribution in [2.24, 2.45) is 0 Å². The largest absolute Gasteiger partial charge is 0.493 e. The van der Waals surface area contributed by atoms with E-state index in [1.165, 1.54) is 7.11 Å². The van der Waals surface area contributed by atoms with Crippen molar-refractivity contribution < 1.29 is 23.8 Å². The number of benzene rings is 1. The van der Waals surface area contributed by atoms with Gasteiger partial charge in [-0.3, -0.25) is 9.59 Å². The van der Waals surface area contributed by atoms with Crippen LogP contribution < -0.4 is 9.47 Å². The predicted octanol–water partition coefficient (Wildman–Crippen LogP) is 1.52. The lowest BCUT2D eigenvalue weighted by Crippen LogP contribution is -2.49. The van der Waals surface area contributed by atoms with E-state index in [2.05, 4.69) is 0 Å². The quantitative estimate of drug-likeness (QED) is 0.772. The van der Waals surface area contributed by atoms with Crippen molar-refractivity contribution in [3.63, 3.8) is 0 Å². The molecular weight excluding hydrogens is 286 g/mol. The van der Waals surface area contributed by atoms with Crippen molar-refractivity contribution in [1.82, 2.24) is 4.90 Å². The van der Waals surface area contributed by atoms with Crippen LogP contribution in [0.1, 0.15) is 24.2 Å². The van der Waals surface area contributed by atoms with Crippen LogP contribution in [0.4, 0.5) is 0 Å². The van der Waals surface area contributed by atoms with E-state index in [1.807, 2.05) is 13.8 Å². The van der Waals surface area contributed by atoms with Crippen molar-refractivity contribution in [2.75, 3.05) is 26.8 Å². The summed E-state index contributed by atoms with van der Waals surface area (Å²) >= 11 is 0. The summed E-state index contributed by atoms with van der Waals surface area (Å²) in [5.41, 5.74) is 0.492. The van der Waals surface area contributed by atoms with Gasteiger partial charge in [0.05, 0.1) is 19.3 Å². The summed E-state index contributed by atoms with van der Waals surface area (Å²) in [6.45, 7) is 4.94. The van der Waals surface area contributed by atoms with Crippen molar-refractivity contribution in [3.8, 4) is 11.5 Å². The molecule has 6 heteroatoms. The molecule has 1 saturated heterocycles. The number of aldehydes is 1. The molecule has 0 saturated carbocycles. The average Bonchev–Trinajstić information content (AvgIpc) is 2.51. The van der Waals surface area contributed by atoms with Crippen LogP contribution in [0, 0.1) is 0 Å². The summed E-state index contributed by atoms with van der Waals surface area (Å²) < 4.78 is 16.3. The monoisotopic (exact) mass is 307 g/mol. The van der Waals surface area contributed by atoms with Crippen molar-refractivity contribution >= 4 is 12.2 Å². The van der Waals surface area contributed by atoms with Gasteiger partial charge in [-0.25, -0.2) is 0 Å². The van der Waals surface area contributed by atoms with Crippen LogP contribution in [0.5, 0.6) is 11.5 Å². The molecule has 2 atom stereocenters. The normalized spacial score (nSPS) is 21.3. The zero-order chi connectivity index (χ0) is 16.1. The third kappa shape index (κ3) is 3.98. The van der Waals surface area contributed by atoms with E-state index in [9.17, 15) is 9.59 Å². The van der Waals surface area contributed by atoms with Gasteiger partial charge in [-0.15, -0.1) is 0 Å². The minimum absolute atomic E-state index is 0.0223. The molecule has 0 bridgehead atoms. The van der Waals surface area contributed by atoms with Crippen molar-refractivity contribution in [3.05, 3.63) is 23.8 Å². The number of hydrogen-bond donors (Lipinski definition) is 0. The first-order valence-electron chi connectivity index (χ1n) is 7.22. The fourth-order valence-electron chi connectivity index (χ4n) is 2.49. The second-order valence-corrected chi connectivity index (χ2v) is 5.37. The molecule has 0 aliphatic carbocycles. The Morgan fingerprint density at radius 3 is 2.59 bits per heavy atom. The van der Waals surface area contributed by atoms with E-state index >= 15 is 0 Å². The molecule has 1 aromatic rings. The SMILES string of the molecule is COc1cc(C=O)ccc1OCC(=O)N1C[C@@H](C)O[C@H](C)C1. The Balaban J connectivity index is 1.97. The molecule has 0 radical (unpaired) electrons. The second-order valence-electron chi connectivity index (χ2n) is 5.37. The number of rotatable bonds is 5. The fraction of sp³-hybridized carbons (Fsp3) is 0.500. The topological polar surface area (TPSA) is 65.1 Å². The predicted molar refractivity (Wildman–Crippen MR) is 80.5 cm³/mol. The first-order valence-corrected chi connectivity index (χ1v) is 7.22. The maximum atomic E-state index is 12.2. The number of carbonyl (C=O) groups is 2. The summed E-state index contributed by atoms with van der Waals surface area (Å²) in [5.74, 6) is 0.778. The van der Waals surface area contributed by atoms with Crippen molar-refractivity contribution in [2.45, 2.75) is 26.1 Å². The zero-order valence-electron chi connectivity index (χ0n) is 13.1. The molecule has 0 spiro atoms. The Kier molecular flexibility index (Phi) is 5.38. The number of carbonyl (C=O) groups excluding carboxylic acids is 2. The van der Waals surface area contributed by atoms with Crippen LogP contribution in [0.15, 0.2) is 18.2 Å². The van der Waals surface area contributed by atoms with E-state index in [1.54, 1.807) is 23.1 Å². The minimum atomic E-state index is -0.0940. The van der Waals surface area contributed by atoms with E-state index < -0.39 is 0 Å². The number of morpholine rings is 1. The van der Waals surface area contributed by atoms with E-state index in [0.717, 1.165) is 6.29 Å². The molecule has 120 valence electrons. The fourth-order valence-corrected chi connectivity index (χ4v) is 2.49. The lowest BCUT2D eigenvalue weighted by molar-refractivity contribution is -0.145. The Bertz CT molecular complexity index is 535. The molecule has 1 aliphatic heterocycles. The molecule has 2 rings (SSSR count). The van der Waals surface area contributed by atoms with Crippen LogP contribution in [0.25, 0.3) is 0 Å². The number of amides is 1. The number of hydrogen-bond acceptors (Lipinski definition) is 5. The highest BCUT2D eigenvalue weighted by Crippen LogP contribution is 2.27. The molecule has 0 unspecified atom stereocenters. The van der Waals surface area contributed by atoms with Gasteiger partial charge in [0.25, 0.3) is 5.91 Å². The van der Waals surface area contributed by atoms with E-state index in [-0.39, 0.29) is 24.7 Å². The highest BCUT2D eigenvalue weighted by Gasteiger charge is 2.26. The molecular formula is C16H21NO5. The van der Waals surface area contributed by atoms with Gasteiger partial charge < -0.3 is 19.1 Å². The Morgan fingerprint density at radius 2 is 2.00 bits per heavy atom. The molecule has 22 heavy (non-hydrogen) atoms. The lowest BCUT2D eigenvalue weighted by Gasteiger charge is -2.35.